The van der Waals surface area contributed by atoms with E-state index < -0.39 is 0 Å². The summed E-state index contributed by atoms with van der Waals surface area (Å²) in [5.41, 5.74) is 1.15. The number of hydrogen-bond donors (Lipinski definition) is 0. The Morgan fingerprint density at radius 1 is 1.38 bits per heavy atom. The summed E-state index contributed by atoms with van der Waals surface area (Å²) in [6, 6.07) is 1.68. The fraction of sp³-hybridized carbons (Fsp3) is 0.611. The first-order valence-corrected chi connectivity index (χ1v) is 9.51. The van der Waals surface area contributed by atoms with Gasteiger partial charge >= 0.3 is 0 Å². The maximum absolute atomic E-state index is 13.0. The van der Waals surface area contributed by atoms with Crippen molar-refractivity contribution >= 4 is 17.2 Å². The van der Waals surface area contributed by atoms with Crippen LogP contribution >= 0.6 is 11.3 Å². The molecule has 6 heteroatoms. The molecule has 1 fully saturated rings. The number of likely N-dealkylation sites (tertiary alicyclic amines) is 1. The molecule has 1 saturated heterocycles. The van der Waals surface area contributed by atoms with E-state index in [1.807, 2.05) is 24.1 Å². The number of piperidine rings is 1. The van der Waals surface area contributed by atoms with Crippen molar-refractivity contribution < 1.29 is 4.79 Å². The summed E-state index contributed by atoms with van der Waals surface area (Å²) >= 11 is 1.69. The molecule has 5 nitrogen and oxygen atoms in total. The predicted molar refractivity (Wildman–Crippen MR) is 96.1 cm³/mol. The molecule has 1 aliphatic rings. The lowest BCUT2D eigenvalue weighted by Crippen LogP contribution is -2.42. The molecule has 0 spiro atoms. The van der Waals surface area contributed by atoms with Crippen molar-refractivity contribution in [3.05, 3.63) is 34.5 Å². The number of rotatable bonds is 3. The molecule has 3 heterocycles. The summed E-state index contributed by atoms with van der Waals surface area (Å²) in [7, 11) is 0. The Morgan fingerprint density at radius 2 is 2.17 bits per heavy atom. The Bertz CT molecular complexity index is 686. The number of carbonyl (C=O) groups is 1. The number of amides is 1. The van der Waals surface area contributed by atoms with Crippen molar-refractivity contribution in [1.82, 2.24) is 19.7 Å². The van der Waals surface area contributed by atoms with Gasteiger partial charge < -0.3 is 4.90 Å². The van der Waals surface area contributed by atoms with E-state index >= 15 is 0 Å². The molecule has 0 bridgehead atoms. The second-order valence-corrected chi connectivity index (χ2v) is 8.42. The minimum Gasteiger partial charge on any atom is -0.331 e. The summed E-state index contributed by atoms with van der Waals surface area (Å²) in [5, 5.41) is 7.43. The molecule has 0 aliphatic carbocycles. The number of hydrogen-bond acceptors (Lipinski definition) is 4. The van der Waals surface area contributed by atoms with Gasteiger partial charge in [-0.15, -0.1) is 11.3 Å². The molecule has 0 radical (unpaired) electrons. The number of aromatic nitrogens is 3. The second kappa shape index (κ2) is 6.67. The van der Waals surface area contributed by atoms with Crippen LogP contribution in [0.3, 0.4) is 0 Å². The quantitative estimate of drug-likeness (QED) is 0.845. The van der Waals surface area contributed by atoms with Crippen LogP contribution in [0.4, 0.5) is 0 Å². The molecule has 130 valence electrons. The van der Waals surface area contributed by atoms with Gasteiger partial charge in [-0.25, -0.2) is 4.98 Å². The summed E-state index contributed by atoms with van der Waals surface area (Å²) in [5.74, 6) is 0.135. The predicted octanol–water partition coefficient (Wildman–Crippen LogP) is 3.95. The van der Waals surface area contributed by atoms with E-state index in [9.17, 15) is 4.79 Å². The van der Waals surface area contributed by atoms with Crippen LogP contribution in [0.2, 0.25) is 0 Å². The fourth-order valence-electron chi connectivity index (χ4n) is 3.10. The molecule has 0 N–H and O–H groups in total. The first-order chi connectivity index (χ1) is 11.4. The van der Waals surface area contributed by atoms with Crippen molar-refractivity contribution in [2.45, 2.75) is 64.5 Å². The molecular weight excluding hydrogens is 320 g/mol. The smallest absolute Gasteiger partial charge is 0.247 e. The lowest BCUT2D eigenvalue weighted by atomic mass is 9.93. The van der Waals surface area contributed by atoms with Crippen molar-refractivity contribution in [2.75, 3.05) is 6.54 Å². The lowest BCUT2D eigenvalue weighted by Gasteiger charge is -2.36. The van der Waals surface area contributed by atoms with Gasteiger partial charge in [0, 0.05) is 29.7 Å². The molecule has 24 heavy (non-hydrogen) atoms. The third kappa shape index (κ3) is 3.38. The van der Waals surface area contributed by atoms with E-state index in [1.54, 1.807) is 22.2 Å². The van der Waals surface area contributed by atoms with Crippen LogP contribution in [0.15, 0.2) is 23.8 Å². The van der Waals surface area contributed by atoms with Crippen molar-refractivity contribution in [3.63, 3.8) is 0 Å². The highest BCUT2D eigenvalue weighted by molar-refractivity contribution is 7.09. The number of nitrogens with zero attached hydrogens (tertiary/aromatic N) is 4. The van der Waals surface area contributed by atoms with Gasteiger partial charge in [0.05, 0.1) is 11.7 Å². The van der Waals surface area contributed by atoms with Gasteiger partial charge in [-0.05, 0) is 32.3 Å². The van der Waals surface area contributed by atoms with Crippen molar-refractivity contribution in [2.24, 2.45) is 0 Å². The minimum atomic E-state index is -0.275. The molecule has 2 aromatic rings. The molecule has 0 aromatic carbocycles. The Hall–Kier alpha value is -1.69. The maximum atomic E-state index is 13.0. The average Bonchev–Trinajstić information content (AvgIpc) is 3.24. The van der Waals surface area contributed by atoms with E-state index in [-0.39, 0.29) is 23.4 Å². The van der Waals surface area contributed by atoms with Crippen molar-refractivity contribution in [1.29, 1.82) is 0 Å². The highest BCUT2D eigenvalue weighted by atomic mass is 32.1. The Morgan fingerprint density at radius 3 is 2.79 bits per heavy atom. The topological polar surface area (TPSA) is 51.0 Å². The molecular formula is C18H26N4OS. The SMILES string of the molecule is C[C@H](C(=O)N1CCCC[C@@H]1c1nc(C(C)(C)C)cs1)n1cccn1. The normalized spacial score (nSPS) is 20.2. The highest BCUT2D eigenvalue weighted by Gasteiger charge is 2.33. The van der Waals surface area contributed by atoms with E-state index in [2.05, 4.69) is 31.2 Å². The van der Waals surface area contributed by atoms with Gasteiger partial charge in [-0.2, -0.15) is 5.10 Å². The second-order valence-electron chi connectivity index (χ2n) is 7.53. The van der Waals surface area contributed by atoms with E-state index in [0.717, 1.165) is 36.5 Å². The molecule has 2 atom stereocenters. The average molecular weight is 346 g/mol. The summed E-state index contributed by atoms with van der Waals surface area (Å²) in [6.07, 6.45) is 6.77. The zero-order valence-corrected chi connectivity index (χ0v) is 15.7. The van der Waals surface area contributed by atoms with Crippen LogP contribution in [0.25, 0.3) is 0 Å². The number of carbonyl (C=O) groups excluding carboxylic acids is 1. The standard InChI is InChI=1S/C18H26N4OS/c1-13(22-11-7-9-19-22)17(23)21-10-6-5-8-14(21)16-20-15(12-24-16)18(2,3)4/h7,9,11-14H,5-6,8,10H2,1-4H3/t13-,14-/m1/s1. The van der Waals surface area contributed by atoms with Crippen LogP contribution in [0.5, 0.6) is 0 Å². The van der Waals surface area contributed by atoms with Crippen LogP contribution in [-0.4, -0.2) is 32.1 Å². The largest absolute Gasteiger partial charge is 0.331 e. The summed E-state index contributed by atoms with van der Waals surface area (Å²) in [6.45, 7) is 9.25. The van der Waals surface area contributed by atoms with Gasteiger partial charge in [-0.1, -0.05) is 20.8 Å². The van der Waals surface area contributed by atoms with Crippen LogP contribution < -0.4 is 0 Å². The Kier molecular flexibility index (Phi) is 4.76. The highest BCUT2D eigenvalue weighted by Crippen LogP contribution is 2.36. The minimum absolute atomic E-state index is 0.0423. The first kappa shape index (κ1) is 17.1. The Labute approximate surface area is 147 Å². The molecule has 0 unspecified atom stereocenters. The van der Waals surface area contributed by atoms with E-state index in [1.165, 1.54) is 0 Å². The van der Waals surface area contributed by atoms with E-state index in [0.29, 0.717) is 0 Å². The third-order valence-electron chi connectivity index (χ3n) is 4.64. The third-order valence-corrected chi connectivity index (χ3v) is 5.59. The van der Waals surface area contributed by atoms with Crippen molar-refractivity contribution in [3.8, 4) is 0 Å². The summed E-state index contributed by atoms with van der Waals surface area (Å²) in [4.78, 5) is 19.9. The molecule has 3 rings (SSSR count). The van der Waals surface area contributed by atoms with Crippen LogP contribution in [0, 0.1) is 0 Å². The molecule has 1 aliphatic heterocycles. The number of thiazole rings is 1. The monoisotopic (exact) mass is 346 g/mol. The fourth-order valence-corrected chi connectivity index (χ4v) is 4.29. The molecule has 1 amide bonds. The zero-order valence-electron chi connectivity index (χ0n) is 14.9. The van der Waals surface area contributed by atoms with Gasteiger partial charge in [0.2, 0.25) is 5.91 Å². The summed E-state index contributed by atoms with van der Waals surface area (Å²) < 4.78 is 1.73. The molecule has 2 aromatic heterocycles. The zero-order chi connectivity index (χ0) is 17.3. The van der Waals surface area contributed by atoms with E-state index in [4.69, 9.17) is 4.98 Å². The van der Waals surface area contributed by atoms with Gasteiger partial charge in [-0.3, -0.25) is 9.48 Å². The Balaban J connectivity index is 1.83. The first-order valence-electron chi connectivity index (χ1n) is 8.63. The maximum Gasteiger partial charge on any atom is 0.247 e. The molecule has 0 saturated carbocycles. The van der Waals surface area contributed by atoms with Gasteiger partial charge in [0.1, 0.15) is 11.0 Å². The van der Waals surface area contributed by atoms with Gasteiger partial charge in [0.15, 0.2) is 0 Å². The lowest BCUT2D eigenvalue weighted by molar-refractivity contribution is -0.138. The van der Waals surface area contributed by atoms with Gasteiger partial charge in [0.25, 0.3) is 0 Å². The van der Waals surface area contributed by atoms with Crippen LogP contribution in [-0.2, 0) is 10.2 Å². The van der Waals surface area contributed by atoms with Crippen LogP contribution in [0.1, 0.15) is 69.7 Å².